The highest BCUT2D eigenvalue weighted by Gasteiger charge is 2.40. The Morgan fingerprint density at radius 2 is 2.00 bits per heavy atom. The molecule has 0 spiro atoms. The molecule has 0 radical (unpaired) electrons. The van der Waals surface area contributed by atoms with Crippen molar-refractivity contribution >= 4 is 5.91 Å². The fourth-order valence-corrected chi connectivity index (χ4v) is 2.20. The molecule has 0 bridgehead atoms. The van der Waals surface area contributed by atoms with Gasteiger partial charge < -0.3 is 26.4 Å². The van der Waals surface area contributed by atoms with Gasteiger partial charge in [0.05, 0.1) is 30.4 Å². The third-order valence-corrected chi connectivity index (χ3v) is 3.34. The zero-order valence-corrected chi connectivity index (χ0v) is 10.2. The van der Waals surface area contributed by atoms with Crippen molar-refractivity contribution in [3.63, 3.8) is 0 Å². The number of nitrogens with two attached hydrogens (primary N) is 1. The second-order valence-corrected chi connectivity index (χ2v) is 4.65. The summed E-state index contributed by atoms with van der Waals surface area (Å²) < 4.78 is 0. The second-order valence-electron chi connectivity index (χ2n) is 4.65. The number of nitrogens with zero attached hydrogens (tertiary/aromatic N) is 1. The van der Waals surface area contributed by atoms with E-state index in [1.165, 1.54) is 6.20 Å². The number of aliphatic hydroxyl groups excluding tert-OH is 3. The molecule has 7 nitrogen and oxygen atoms in total. The van der Waals surface area contributed by atoms with E-state index in [2.05, 4.69) is 10.3 Å². The minimum atomic E-state index is -1.00. The van der Waals surface area contributed by atoms with Crippen LogP contribution in [0, 0.1) is 0 Å². The molecule has 6 N–H and O–H groups in total. The molecule has 1 aromatic heterocycles. The predicted molar refractivity (Wildman–Crippen MR) is 66.3 cm³/mol. The van der Waals surface area contributed by atoms with Gasteiger partial charge in [-0.15, -0.1) is 0 Å². The van der Waals surface area contributed by atoms with Crippen molar-refractivity contribution in [2.45, 2.75) is 30.7 Å². The lowest BCUT2D eigenvalue weighted by molar-refractivity contribution is 0.0196. The number of primary amides is 1. The normalized spacial score (nSPS) is 30.5. The maximum Gasteiger partial charge on any atom is 0.250 e. The lowest BCUT2D eigenvalue weighted by Crippen LogP contribution is -2.37. The van der Waals surface area contributed by atoms with Gasteiger partial charge in [0.15, 0.2) is 0 Å². The van der Waals surface area contributed by atoms with Gasteiger partial charge >= 0.3 is 0 Å². The Morgan fingerprint density at radius 1 is 1.32 bits per heavy atom. The van der Waals surface area contributed by atoms with Crippen molar-refractivity contribution < 1.29 is 20.1 Å². The molecular weight excluding hydrogens is 250 g/mol. The Labute approximate surface area is 110 Å². The van der Waals surface area contributed by atoms with Crippen LogP contribution in [-0.2, 0) is 6.42 Å². The first-order valence-corrected chi connectivity index (χ1v) is 6.00. The molecule has 19 heavy (non-hydrogen) atoms. The summed E-state index contributed by atoms with van der Waals surface area (Å²) in [4.78, 5) is 15.0. The molecule has 7 heteroatoms. The van der Waals surface area contributed by atoms with E-state index in [-0.39, 0.29) is 12.6 Å². The number of carbonyl (C=O) groups is 1. The van der Waals surface area contributed by atoms with E-state index >= 15 is 0 Å². The largest absolute Gasteiger partial charge is 0.395 e. The highest BCUT2D eigenvalue weighted by Crippen LogP contribution is 2.17. The van der Waals surface area contributed by atoms with Crippen molar-refractivity contribution in [2.24, 2.45) is 5.73 Å². The van der Waals surface area contributed by atoms with Crippen LogP contribution >= 0.6 is 0 Å². The van der Waals surface area contributed by atoms with Gasteiger partial charge in [0, 0.05) is 24.4 Å². The van der Waals surface area contributed by atoms with Crippen LogP contribution in [-0.4, -0.2) is 57.1 Å². The number of hydrogen-bond donors (Lipinski definition) is 5. The summed E-state index contributed by atoms with van der Waals surface area (Å²) in [5, 5.41) is 31.5. The van der Waals surface area contributed by atoms with Gasteiger partial charge in [-0.05, 0) is 12.1 Å². The van der Waals surface area contributed by atoms with Crippen molar-refractivity contribution in [2.75, 3.05) is 6.61 Å². The molecule has 1 aliphatic rings. The Bertz CT molecular complexity index is 451. The smallest absolute Gasteiger partial charge is 0.250 e. The van der Waals surface area contributed by atoms with Crippen LogP contribution in [0.15, 0.2) is 18.3 Å². The van der Waals surface area contributed by atoms with Crippen LogP contribution < -0.4 is 11.1 Å². The molecule has 104 valence electrons. The lowest BCUT2D eigenvalue weighted by atomic mass is 10.0. The molecule has 0 aromatic carbocycles. The molecule has 4 atom stereocenters. The fraction of sp³-hybridized carbons (Fsp3) is 0.500. The summed E-state index contributed by atoms with van der Waals surface area (Å²) in [5.41, 5.74) is 6.09. The van der Waals surface area contributed by atoms with Crippen molar-refractivity contribution in [1.29, 1.82) is 0 Å². The van der Waals surface area contributed by atoms with E-state index in [0.717, 1.165) is 0 Å². The van der Waals surface area contributed by atoms with Crippen LogP contribution in [0.2, 0.25) is 0 Å². The van der Waals surface area contributed by atoms with Gasteiger partial charge in [0.25, 0.3) is 0 Å². The number of aliphatic hydroxyl groups is 3. The highest BCUT2D eigenvalue weighted by molar-refractivity contribution is 5.92. The molecule has 1 fully saturated rings. The zero-order chi connectivity index (χ0) is 14.0. The molecule has 0 unspecified atom stereocenters. The van der Waals surface area contributed by atoms with Crippen LogP contribution in [0.5, 0.6) is 0 Å². The first-order valence-electron chi connectivity index (χ1n) is 6.00. The molecular formula is C12H17N3O4. The first kappa shape index (κ1) is 13.9. The maximum atomic E-state index is 10.9. The third kappa shape index (κ3) is 2.90. The number of nitrogens with one attached hydrogen (secondary N) is 1. The molecule has 2 heterocycles. The summed E-state index contributed by atoms with van der Waals surface area (Å²) in [6.45, 7) is -0.247. The Morgan fingerprint density at radius 3 is 2.47 bits per heavy atom. The van der Waals surface area contributed by atoms with Crippen LogP contribution in [0.3, 0.4) is 0 Å². The Balaban J connectivity index is 2.03. The van der Waals surface area contributed by atoms with E-state index in [9.17, 15) is 15.0 Å². The molecule has 1 amide bonds. The molecule has 1 saturated heterocycles. The minimum Gasteiger partial charge on any atom is -0.395 e. The third-order valence-electron chi connectivity index (χ3n) is 3.34. The van der Waals surface area contributed by atoms with Crippen molar-refractivity contribution in [3.8, 4) is 0 Å². The summed E-state index contributed by atoms with van der Waals surface area (Å²) in [7, 11) is 0. The number of aromatic nitrogens is 1. The number of hydrogen-bond acceptors (Lipinski definition) is 6. The first-order chi connectivity index (χ1) is 9.02. The summed E-state index contributed by atoms with van der Waals surface area (Å²) in [6, 6.07) is 2.28. The van der Waals surface area contributed by atoms with Crippen molar-refractivity contribution in [1.82, 2.24) is 10.3 Å². The van der Waals surface area contributed by atoms with Crippen molar-refractivity contribution in [3.05, 3.63) is 29.6 Å². The van der Waals surface area contributed by atoms with Gasteiger partial charge in [0.1, 0.15) is 0 Å². The molecule has 0 saturated carbocycles. The van der Waals surface area contributed by atoms with Gasteiger partial charge in [-0.25, -0.2) is 0 Å². The molecule has 1 aliphatic heterocycles. The topological polar surface area (TPSA) is 129 Å². The Kier molecular flexibility index (Phi) is 4.11. The second kappa shape index (κ2) is 5.62. The van der Waals surface area contributed by atoms with Gasteiger partial charge in [-0.1, -0.05) is 0 Å². The van der Waals surface area contributed by atoms with E-state index in [4.69, 9.17) is 10.8 Å². The molecule has 0 aliphatic carbocycles. The zero-order valence-electron chi connectivity index (χ0n) is 10.2. The highest BCUT2D eigenvalue weighted by atomic mass is 16.3. The van der Waals surface area contributed by atoms with E-state index in [0.29, 0.717) is 17.7 Å². The van der Waals surface area contributed by atoms with Gasteiger partial charge in [-0.2, -0.15) is 0 Å². The quantitative estimate of drug-likeness (QED) is 0.420. The summed E-state index contributed by atoms with van der Waals surface area (Å²) in [6.07, 6.45) is -0.207. The average molecular weight is 267 g/mol. The van der Waals surface area contributed by atoms with Crippen LogP contribution in [0.4, 0.5) is 0 Å². The lowest BCUT2D eigenvalue weighted by Gasteiger charge is -2.15. The SMILES string of the molecule is NC(=O)c1ccc(C[C@@H]2N[C@H](CO)[C@@H](O)[C@H]2O)nc1. The van der Waals surface area contributed by atoms with E-state index < -0.39 is 24.2 Å². The maximum absolute atomic E-state index is 10.9. The Hall–Kier alpha value is -1.54. The summed E-state index contributed by atoms with van der Waals surface area (Å²) >= 11 is 0. The van der Waals surface area contributed by atoms with Gasteiger partial charge in [0.2, 0.25) is 5.91 Å². The monoisotopic (exact) mass is 267 g/mol. The average Bonchev–Trinajstić information content (AvgIpc) is 2.67. The van der Waals surface area contributed by atoms with Crippen LogP contribution in [0.1, 0.15) is 16.1 Å². The van der Waals surface area contributed by atoms with E-state index in [1.54, 1.807) is 12.1 Å². The molecule has 1 aromatic rings. The van der Waals surface area contributed by atoms with Gasteiger partial charge in [-0.3, -0.25) is 9.78 Å². The fourth-order valence-electron chi connectivity index (χ4n) is 2.20. The minimum absolute atomic E-state index is 0.247. The number of amides is 1. The standard InChI is InChI=1S/C12H17N3O4/c13-12(19)6-1-2-7(14-4-6)3-8-10(17)11(18)9(5-16)15-8/h1-2,4,8-11,15-18H,3,5H2,(H2,13,19)/t8-,9+,10-,11+/m0/s1. The molecule has 2 rings (SSSR count). The van der Waals surface area contributed by atoms with Crippen LogP contribution in [0.25, 0.3) is 0 Å². The number of carbonyl (C=O) groups excluding carboxylic acids is 1. The summed E-state index contributed by atoms with van der Waals surface area (Å²) in [5.74, 6) is -0.547. The van der Waals surface area contributed by atoms with E-state index in [1.807, 2.05) is 0 Å². The number of rotatable bonds is 4. The predicted octanol–water partition coefficient (Wildman–Crippen LogP) is -2.22. The number of pyridine rings is 1.